The SMILES string of the molecule is CC1CCC(CSCc2ccccc2)C1. The number of hydrogen-bond acceptors (Lipinski definition) is 1. The first-order chi connectivity index (χ1) is 7.34. The van der Waals surface area contributed by atoms with Crippen LogP contribution in [0.25, 0.3) is 0 Å². The van der Waals surface area contributed by atoms with Gasteiger partial charge in [-0.2, -0.15) is 11.8 Å². The molecule has 0 saturated heterocycles. The quantitative estimate of drug-likeness (QED) is 0.726. The lowest BCUT2D eigenvalue weighted by atomic mass is 10.1. The van der Waals surface area contributed by atoms with Crippen molar-refractivity contribution in [2.24, 2.45) is 11.8 Å². The zero-order valence-corrected chi connectivity index (χ0v) is 10.3. The van der Waals surface area contributed by atoms with Crippen molar-refractivity contribution in [2.45, 2.75) is 31.9 Å². The van der Waals surface area contributed by atoms with Crippen molar-refractivity contribution in [1.29, 1.82) is 0 Å². The van der Waals surface area contributed by atoms with E-state index in [1.807, 2.05) is 0 Å². The van der Waals surface area contributed by atoms with Crippen molar-refractivity contribution in [3.63, 3.8) is 0 Å². The fourth-order valence-corrected chi connectivity index (χ4v) is 3.58. The average molecular weight is 220 g/mol. The third kappa shape index (κ3) is 3.57. The van der Waals surface area contributed by atoms with Crippen molar-refractivity contribution in [1.82, 2.24) is 0 Å². The Bertz CT molecular complexity index is 281. The van der Waals surface area contributed by atoms with Crippen LogP contribution in [0.4, 0.5) is 0 Å². The minimum Gasteiger partial charge on any atom is -0.157 e. The molecule has 0 nitrogen and oxygen atoms in total. The van der Waals surface area contributed by atoms with Gasteiger partial charge < -0.3 is 0 Å². The summed E-state index contributed by atoms with van der Waals surface area (Å²) in [4.78, 5) is 0. The molecule has 1 aromatic rings. The van der Waals surface area contributed by atoms with Crippen LogP contribution in [0.5, 0.6) is 0 Å². The molecular weight excluding hydrogens is 200 g/mol. The lowest BCUT2D eigenvalue weighted by Crippen LogP contribution is -1.98. The molecule has 2 unspecified atom stereocenters. The molecule has 0 aliphatic heterocycles. The first-order valence-corrected chi connectivity index (χ1v) is 7.11. The minimum absolute atomic E-state index is 0.979. The highest BCUT2D eigenvalue weighted by Gasteiger charge is 2.20. The molecule has 0 amide bonds. The molecule has 0 radical (unpaired) electrons. The summed E-state index contributed by atoms with van der Waals surface area (Å²) in [5, 5.41) is 0. The van der Waals surface area contributed by atoms with Crippen molar-refractivity contribution in [3.8, 4) is 0 Å². The zero-order chi connectivity index (χ0) is 10.5. The lowest BCUT2D eigenvalue weighted by molar-refractivity contribution is 0.561. The largest absolute Gasteiger partial charge is 0.157 e. The molecule has 0 aromatic heterocycles. The maximum atomic E-state index is 2.39. The van der Waals surface area contributed by atoms with Gasteiger partial charge in [0.25, 0.3) is 0 Å². The van der Waals surface area contributed by atoms with Crippen LogP contribution in [0.2, 0.25) is 0 Å². The number of thioether (sulfide) groups is 1. The fraction of sp³-hybridized carbons (Fsp3) is 0.571. The summed E-state index contributed by atoms with van der Waals surface area (Å²) in [7, 11) is 0. The van der Waals surface area contributed by atoms with E-state index in [0.717, 1.165) is 11.8 Å². The molecule has 2 rings (SSSR count). The van der Waals surface area contributed by atoms with E-state index in [2.05, 4.69) is 49.0 Å². The van der Waals surface area contributed by atoms with Gasteiger partial charge >= 0.3 is 0 Å². The van der Waals surface area contributed by atoms with Gasteiger partial charge in [-0.15, -0.1) is 0 Å². The normalized spacial score (nSPS) is 25.7. The Labute approximate surface area is 97.5 Å². The highest BCUT2D eigenvalue weighted by molar-refractivity contribution is 7.98. The van der Waals surface area contributed by atoms with E-state index < -0.39 is 0 Å². The second-order valence-electron chi connectivity index (χ2n) is 4.78. The average Bonchev–Trinajstić information content (AvgIpc) is 2.66. The van der Waals surface area contributed by atoms with Gasteiger partial charge in [-0.1, -0.05) is 43.7 Å². The van der Waals surface area contributed by atoms with Crippen LogP contribution in [-0.2, 0) is 5.75 Å². The molecule has 82 valence electrons. The summed E-state index contributed by atoms with van der Waals surface area (Å²) in [5.74, 6) is 4.52. The molecule has 2 atom stereocenters. The Balaban J connectivity index is 1.67. The summed E-state index contributed by atoms with van der Waals surface area (Å²) in [5.41, 5.74) is 1.47. The fourth-order valence-electron chi connectivity index (χ4n) is 2.39. The van der Waals surface area contributed by atoms with E-state index in [0.29, 0.717) is 0 Å². The van der Waals surface area contributed by atoms with Gasteiger partial charge in [0.05, 0.1) is 0 Å². The second kappa shape index (κ2) is 5.60. The van der Waals surface area contributed by atoms with Gasteiger partial charge in [-0.05, 0) is 36.0 Å². The maximum Gasteiger partial charge on any atom is 0.0184 e. The first kappa shape index (κ1) is 11.1. The van der Waals surface area contributed by atoms with Gasteiger partial charge in [0.2, 0.25) is 0 Å². The van der Waals surface area contributed by atoms with Crippen molar-refractivity contribution >= 4 is 11.8 Å². The Morgan fingerprint density at radius 1 is 1.20 bits per heavy atom. The van der Waals surface area contributed by atoms with Crippen LogP contribution in [-0.4, -0.2) is 5.75 Å². The Morgan fingerprint density at radius 2 is 2.00 bits per heavy atom. The number of rotatable bonds is 4. The molecule has 0 heterocycles. The predicted octanol–water partition coefficient (Wildman–Crippen LogP) is 4.36. The molecular formula is C14H20S. The van der Waals surface area contributed by atoms with E-state index in [-0.39, 0.29) is 0 Å². The highest BCUT2D eigenvalue weighted by Crippen LogP contribution is 2.33. The summed E-state index contributed by atoms with van der Waals surface area (Å²) >= 11 is 2.11. The maximum absolute atomic E-state index is 2.39. The molecule has 1 aromatic carbocycles. The van der Waals surface area contributed by atoms with Gasteiger partial charge in [-0.25, -0.2) is 0 Å². The third-order valence-electron chi connectivity index (χ3n) is 3.27. The number of hydrogen-bond donors (Lipinski definition) is 0. The molecule has 1 saturated carbocycles. The third-order valence-corrected chi connectivity index (χ3v) is 4.51. The van der Waals surface area contributed by atoms with Crippen LogP contribution in [0.1, 0.15) is 31.7 Å². The summed E-state index contributed by atoms with van der Waals surface area (Å²) in [6.45, 7) is 2.39. The molecule has 1 aliphatic rings. The van der Waals surface area contributed by atoms with E-state index in [9.17, 15) is 0 Å². The van der Waals surface area contributed by atoms with Crippen LogP contribution in [0.3, 0.4) is 0 Å². The van der Waals surface area contributed by atoms with E-state index in [1.54, 1.807) is 0 Å². The van der Waals surface area contributed by atoms with Gasteiger partial charge in [0, 0.05) is 5.75 Å². The van der Waals surface area contributed by atoms with Gasteiger partial charge in [-0.3, -0.25) is 0 Å². The van der Waals surface area contributed by atoms with Crippen LogP contribution >= 0.6 is 11.8 Å². The topological polar surface area (TPSA) is 0 Å². The first-order valence-electron chi connectivity index (χ1n) is 5.96. The smallest absolute Gasteiger partial charge is 0.0184 e. The molecule has 15 heavy (non-hydrogen) atoms. The van der Waals surface area contributed by atoms with Crippen LogP contribution in [0, 0.1) is 11.8 Å². The van der Waals surface area contributed by atoms with E-state index in [1.165, 1.54) is 36.3 Å². The number of benzene rings is 1. The minimum atomic E-state index is 0.979. The Morgan fingerprint density at radius 3 is 2.67 bits per heavy atom. The molecule has 0 spiro atoms. The van der Waals surface area contributed by atoms with Gasteiger partial charge in [0.15, 0.2) is 0 Å². The molecule has 0 bridgehead atoms. The summed E-state index contributed by atoms with van der Waals surface area (Å²) in [6, 6.07) is 10.8. The van der Waals surface area contributed by atoms with Crippen molar-refractivity contribution < 1.29 is 0 Å². The van der Waals surface area contributed by atoms with Gasteiger partial charge in [0.1, 0.15) is 0 Å². The lowest BCUT2D eigenvalue weighted by Gasteiger charge is -2.08. The molecule has 1 aliphatic carbocycles. The van der Waals surface area contributed by atoms with Crippen molar-refractivity contribution in [2.75, 3.05) is 5.75 Å². The summed E-state index contributed by atoms with van der Waals surface area (Å²) < 4.78 is 0. The van der Waals surface area contributed by atoms with E-state index in [4.69, 9.17) is 0 Å². The highest BCUT2D eigenvalue weighted by atomic mass is 32.2. The Hall–Kier alpha value is -0.430. The Kier molecular flexibility index (Phi) is 4.13. The standard InChI is InChI=1S/C14H20S/c1-12-7-8-14(9-12)11-15-10-13-5-3-2-4-6-13/h2-6,12,14H,7-11H2,1H3. The summed E-state index contributed by atoms with van der Waals surface area (Å²) in [6.07, 6.45) is 4.38. The zero-order valence-electron chi connectivity index (χ0n) is 9.49. The second-order valence-corrected chi connectivity index (χ2v) is 5.82. The molecule has 1 fully saturated rings. The monoisotopic (exact) mass is 220 g/mol. The molecule has 0 N–H and O–H groups in total. The molecule has 1 heteroatoms. The van der Waals surface area contributed by atoms with Crippen molar-refractivity contribution in [3.05, 3.63) is 35.9 Å². The predicted molar refractivity (Wildman–Crippen MR) is 69.1 cm³/mol. The van der Waals surface area contributed by atoms with Crippen LogP contribution in [0.15, 0.2) is 30.3 Å². The van der Waals surface area contributed by atoms with Crippen LogP contribution < -0.4 is 0 Å². The van der Waals surface area contributed by atoms with E-state index >= 15 is 0 Å².